The van der Waals surface area contributed by atoms with E-state index in [9.17, 15) is 22.4 Å². The number of hydrogen-bond donors (Lipinski definition) is 3. The summed E-state index contributed by atoms with van der Waals surface area (Å²) in [6.07, 6.45) is -5.47. The van der Waals surface area contributed by atoms with Crippen molar-refractivity contribution in [3.8, 4) is 0 Å². The number of primary amides is 1. The van der Waals surface area contributed by atoms with Gasteiger partial charge in [0, 0.05) is 12.2 Å². The lowest BCUT2D eigenvalue weighted by atomic mass is 10.1. The second-order valence-corrected chi connectivity index (χ2v) is 3.58. The normalized spacial score (nSPS) is 11.3. The van der Waals surface area contributed by atoms with Gasteiger partial charge in [0.1, 0.15) is 5.82 Å². The Morgan fingerprint density at radius 1 is 1.33 bits per heavy atom. The van der Waals surface area contributed by atoms with Crippen LogP contribution in [0.2, 0.25) is 0 Å². The first kappa shape index (κ1) is 14.1. The third-order valence-electron chi connectivity index (χ3n) is 2.13. The topological polar surface area (TPSA) is 81.1 Å². The number of carbonyl (C=O) groups is 1. The van der Waals surface area contributed by atoms with E-state index in [1.54, 1.807) is 0 Å². The van der Waals surface area contributed by atoms with Crippen LogP contribution in [0.5, 0.6) is 0 Å². The van der Waals surface area contributed by atoms with Gasteiger partial charge in [0.25, 0.3) is 5.91 Å². The number of alkyl halides is 3. The van der Waals surface area contributed by atoms with Crippen molar-refractivity contribution < 1.29 is 22.4 Å². The predicted molar refractivity (Wildman–Crippen MR) is 58.5 cm³/mol. The lowest BCUT2D eigenvalue weighted by Gasteiger charge is -2.11. The molecule has 1 rings (SSSR count). The Hall–Kier alpha value is -1.99. The zero-order valence-corrected chi connectivity index (χ0v) is 9.14. The molecule has 0 aliphatic rings. The monoisotopic (exact) mass is 265 g/mol. The highest BCUT2D eigenvalue weighted by Crippen LogP contribution is 2.23. The Morgan fingerprint density at radius 3 is 2.44 bits per heavy atom. The lowest BCUT2D eigenvalue weighted by Crippen LogP contribution is -2.17. The highest BCUT2D eigenvalue weighted by molar-refractivity contribution is 5.99. The standard InChI is InChI=1S/C10H11F4N3O/c11-6-4-7(15)5(9(16)18)3-8(6)17-2-1-10(12,13)14/h3-4,17H,1-2,15H2,(H2,16,18). The molecule has 1 aromatic rings. The Balaban J connectivity index is 2.83. The summed E-state index contributed by atoms with van der Waals surface area (Å²) in [6, 6.07) is 1.82. The summed E-state index contributed by atoms with van der Waals surface area (Å²) >= 11 is 0. The number of anilines is 2. The maximum absolute atomic E-state index is 13.3. The predicted octanol–water partition coefficient (Wildman–Crippen LogP) is 1.87. The molecule has 0 aliphatic carbocycles. The molecule has 0 atom stereocenters. The molecule has 0 saturated carbocycles. The van der Waals surface area contributed by atoms with Gasteiger partial charge in [-0.1, -0.05) is 0 Å². The molecule has 0 radical (unpaired) electrons. The average Bonchev–Trinajstić information content (AvgIpc) is 2.18. The molecule has 0 unspecified atom stereocenters. The largest absolute Gasteiger partial charge is 0.398 e. The van der Waals surface area contributed by atoms with E-state index in [1.165, 1.54) is 0 Å². The van der Waals surface area contributed by atoms with Crippen LogP contribution in [0.4, 0.5) is 28.9 Å². The third kappa shape index (κ3) is 3.79. The molecule has 0 aromatic heterocycles. The molecule has 0 fully saturated rings. The van der Waals surface area contributed by atoms with Gasteiger partial charge in [-0.25, -0.2) is 4.39 Å². The van der Waals surface area contributed by atoms with Crippen LogP contribution in [0.15, 0.2) is 12.1 Å². The van der Waals surface area contributed by atoms with Crippen LogP contribution in [-0.2, 0) is 0 Å². The highest BCUT2D eigenvalue weighted by Gasteiger charge is 2.26. The van der Waals surface area contributed by atoms with Crippen molar-refractivity contribution in [3.05, 3.63) is 23.5 Å². The van der Waals surface area contributed by atoms with Crippen molar-refractivity contribution in [1.82, 2.24) is 0 Å². The first-order valence-electron chi connectivity index (χ1n) is 4.90. The van der Waals surface area contributed by atoms with Gasteiger partial charge >= 0.3 is 6.18 Å². The molecule has 0 spiro atoms. The van der Waals surface area contributed by atoms with Crippen molar-refractivity contribution in [2.24, 2.45) is 5.73 Å². The number of halogens is 4. The fourth-order valence-corrected chi connectivity index (χ4v) is 1.28. The SMILES string of the molecule is NC(=O)c1cc(NCCC(F)(F)F)c(F)cc1N. The molecular formula is C10H11F4N3O. The molecule has 0 aliphatic heterocycles. The second-order valence-electron chi connectivity index (χ2n) is 3.58. The van der Waals surface area contributed by atoms with Gasteiger partial charge in [-0.3, -0.25) is 4.79 Å². The van der Waals surface area contributed by atoms with Crippen LogP contribution in [0.1, 0.15) is 16.8 Å². The lowest BCUT2D eigenvalue weighted by molar-refractivity contribution is -0.131. The van der Waals surface area contributed by atoms with Crippen LogP contribution >= 0.6 is 0 Å². The van der Waals surface area contributed by atoms with Crippen molar-refractivity contribution in [2.45, 2.75) is 12.6 Å². The average molecular weight is 265 g/mol. The summed E-state index contributed by atoms with van der Waals surface area (Å²) < 4.78 is 49.0. The Labute approximate surface area is 99.9 Å². The van der Waals surface area contributed by atoms with Crippen LogP contribution in [0.25, 0.3) is 0 Å². The third-order valence-corrected chi connectivity index (χ3v) is 2.13. The maximum Gasteiger partial charge on any atom is 0.390 e. The fraction of sp³-hybridized carbons (Fsp3) is 0.300. The number of amides is 1. The van der Waals surface area contributed by atoms with Crippen molar-refractivity contribution in [1.29, 1.82) is 0 Å². The molecule has 8 heteroatoms. The van der Waals surface area contributed by atoms with Crippen LogP contribution < -0.4 is 16.8 Å². The Morgan fingerprint density at radius 2 is 1.94 bits per heavy atom. The van der Waals surface area contributed by atoms with Gasteiger partial charge in [0.2, 0.25) is 0 Å². The zero-order valence-electron chi connectivity index (χ0n) is 9.14. The van der Waals surface area contributed by atoms with E-state index in [0.29, 0.717) is 0 Å². The van der Waals surface area contributed by atoms with E-state index in [-0.39, 0.29) is 16.9 Å². The molecule has 1 aromatic carbocycles. The van der Waals surface area contributed by atoms with Gasteiger partial charge < -0.3 is 16.8 Å². The summed E-state index contributed by atoms with van der Waals surface area (Å²) in [5.74, 6) is -1.73. The number of nitrogens with one attached hydrogen (secondary N) is 1. The molecule has 0 heterocycles. The molecule has 1 amide bonds. The summed E-state index contributed by atoms with van der Waals surface area (Å²) in [6.45, 7) is -0.511. The molecular weight excluding hydrogens is 254 g/mol. The first-order valence-corrected chi connectivity index (χ1v) is 4.90. The summed E-state index contributed by atoms with van der Waals surface area (Å²) in [7, 11) is 0. The molecule has 0 saturated heterocycles. The minimum absolute atomic E-state index is 0.147. The summed E-state index contributed by atoms with van der Waals surface area (Å²) in [5, 5.41) is 2.23. The van der Waals surface area contributed by atoms with Gasteiger partial charge in [-0.15, -0.1) is 0 Å². The van der Waals surface area contributed by atoms with Gasteiger partial charge in [0.05, 0.1) is 17.7 Å². The number of rotatable bonds is 4. The number of carbonyl (C=O) groups excluding carboxylic acids is 1. The van der Waals surface area contributed by atoms with E-state index < -0.39 is 30.9 Å². The van der Waals surface area contributed by atoms with Crippen molar-refractivity contribution >= 4 is 17.3 Å². The number of benzene rings is 1. The number of nitrogen functional groups attached to an aromatic ring is 1. The first-order chi connectivity index (χ1) is 8.20. The fourth-order valence-electron chi connectivity index (χ4n) is 1.28. The van der Waals surface area contributed by atoms with Gasteiger partial charge in [-0.2, -0.15) is 13.2 Å². The second kappa shape index (κ2) is 5.11. The highest BCUT2D eigenvalue weighted by atomic mass is 19.4. The smallest absolute Gasteiger partial charge is 0.390 e. The van der Waals surface area contributed by atoms with E-state index in [1.807, 2.05) is 0 Å². The maximum atomic E-state index is 13.3. The molecule has 18 heavy (non-hydrogen) atoms. The van der Waals surface area contributed by atoms with E-state index in [2.05, 4.69) is 5.32 Å². The molecule has 4 nitrogen and oxygen atoms in total. The zero-order chi connectivity index (χ0) is 13.9. The van der Waals surface area contributed by atoms with E-state index in [0.717, 1.165) is 12.1 Å². The Bertz CT molecular complexity index is 459. The molecule has 100 valence electrons. The summed E-state index contributed by atoms with van der Waals surface area (Å²) in [4.78, 5) is 10.9. The van der Waals surface area contributed by atoms with Crippen LogP contribution in [0, 0.1) is 5.82 Å². The minimum atomic E-state index is -4.34. The van der Waals surface area contributed by atoms with E-state index in [4.69, 9.17) is 11.5 Å². The minimum Gasteiger partial charge on any atom is -0.398 e. The van der Waals surface area contributed by atoms with E-state index >= 15 is 0 Å². The van der Waals surface area contributed by atoms with Crippen molar-refractivity contribution in [2.75, 3.05) is 17.6 Å². The van der Waals surface area contributed by atoms with Crippen LogP contribution in [0.3, 0.4) is 0 Å². The van der Waals surface area contributed by atoms with Gasteiger partial charge in [-0.05, 0) is 12.1 Å². The number of hydrogen-bond acceptors (Lipinski definition) is 3. The van der Waals surface area contributed by atoms with Crippen LogP contribution in [-0.4, -0.2) is 18.6 Å². The Kier molecular flexibility index (Phi) is 4.00. The molecule has 5 N–H and O–H groups in total. The van der Waals surface area contributed by atoms with Crippen molar-refractivity contribution in [3.63, 3.8) is 0 Å². The molecule has 0 bridgehead atoms. The summed E-state index contributed by atoms with van der Waals surface area (Å²) in [5.41, 5.74) is 9.76. The number of nitrogens with two attached hydrogens (primary N) is 2. The van der Waals surface area contributed by atoms with Gasteiger partial charge in [0.15, 0.2) is 0 Å². The quantitative estimate of drug-likeness (QED) is 0.574.